The summed E-state index contributed by atoms with van der Waals surface area (Å²) < 4.78 is 9.79. The minimum absolute atomic E-state index is 0.266. The van der Waals surface area contributed by atoms with Gasteiger partial charge in [-0.3, -0.25) is 0 Å². The minimum Gasteiger partial charge on any atom is -0.502 e. The fourth-order valence-corrected chi connectivity index (χ4v) is 0.812. The molecule has 0 saturated heterocycles. The van der Waals surface area contributed by atoms with Crippen molar-refractivity contribution in [3.63, 3.8) is 0 Å². The predicted octanol–water partition coefficient (Wildman–Crippen LogP) is 1.50. The topological polar surface area (TPSA) is 72.8 Å². The molecule has 0 aliphatic rings. The minimum atomic E-state index is -1.17. The number of ether oxygens (including phenoxy) is 2. The Balaban J connectivity index is 3.38. The maximum atomic E-state index is 10.9. The number of aliphatic carboxylic acids is 1. The van der Waals surface area contributed by atoms with Crippen LogP contribution in [-0.4, -0.2) is 30.3 Å². The van der Waals surface area contributed by atoms with E-state index in [0.29, 0.717) is 13.0 Å². The van der Waals surface area contributed by atoms with Crippen LogP contribution in [0.4, 0.5) is 0 Å². The second-order valence-corrected chi connectivity index (χ2v) is 2.89. The van der Waals surface area contributed by atoms with Crippen molar-refractivity contribution in [3.05, 3.63) is 24.5 Å². The molecule has 0 unspecified atom stereocenters. The SMILES string of the molecule is CC=COCCCCOC(=O)/C=C\C(=O)O. The summed E-state index contributed by atoms with van der Waals surface area (Å²) in [5.41, 5.74) is 0. The van der Waals surface area contributed by atoms with E-state index in [4.69, 9.17) is 14.6 Å². The Bertz CT molecular complexity index is 268. The zero-order chi connectivity index (χ0) is 12.2. The third-order valence-corrected chi connectivity index (χ3v) is 1.50. The summed E-state index contributed by atoms with van der Waals surface area (Å²) in [6, 6.07) is 0. The molecule has 0 atom stereocenters. The van der Waals surface area contributed by atoms with Crippen LogP contribution in [0.2, 0.25) is 0 Å². The van der Waals surface area contributed by atoms with E-state index in [-0.39, 0.29) is 6.61 Å². The third-order valence-electron chi connectivity index (χ3n) is 1.50. The van der Waals surface area contributed by atoms with Crippen LogP contribution in [0.25, 0.3) is 0 Å². The van der Waals surface area contributed by atoms with E-state index in [9.17, 15) is 9.59 Å². The fraction of sp³-hybridized carbons (Fsp3) is 0.455. The molecule has 0 aromatic carbocycles. The number of esters is 1. The molecule has 0 aliphatic carbocycles. The summed E-state index contributed by atoms with van der Waals surface area (Å²) >= 11 is 0. The molecule has 16 heavy (non-hydrogen) atoms. The molecule has 0 aliphatic heterocycles. The normalized spacial score (nSPS) is 10.8. The largest absolute Gasteiger partial charge is 0.502 e. The number of carboxylic acid groups (broad SMARTS) is 1. The van der Waals surface area contributed by atoms with Crippen molar-refractivity contribution >= 4 is 11.9 Å². The Morgan fingerprint density at radius 1 is 1.19 bits per heavy atom. The van der Waals surface area contributed by atoms with Gasteiger partial charge in [0.15, 0.2) is 0 Å². The highest BCUT2D eigenvalue weighted by molar-refractivity contribution is 5.90. The average Bonchev–Trinajstić information content (AvgIpc) is 2.25. The zero-order valence-electron chi connectivity index (χ0n) is 9.22. The first kappa shape index (κ1) is 14.2. The number of rotatable bonds is 8. The van der Waals surface area contributed by atoms with Crippen molar-refractivity contribution < 1.29 is 24.2 Å². The van der Waals surface area contributed by atoms with E-state index in [2.05, 4.69) is 0 Å². The average molecular weight is 228 g/mol. The summed E-state index contributed by atoms with van der Waals surface area (Å²) in [4.78, 5) is 20.9. The van der Waals surface area contributed by atoms with Crippen molar-refractivity contribution in [1.29, 1.82) is 0 Å². The van der Waals surface area contributed by atoms with Gasteiger partial charge in [-0.1, -0.05) is 6.08 Å². The molecule has 0 bridgehead atoms. The van der Waals surface area contributed by atoms with Crippen LogP contribution < -0.4 is 0 Å². The molecule has 5 nitrogen and oxygen atoms in total. The van der Waals surface area contributed by atoms with Gasteiger partial charge in [-0.15, -0.1) is 0 Å². The lowest BCUT2D eigenvalue weighted by Gasteiger charge is -2.02. The molecular weight excluding hydrogens is 212 g/mol. The molecule has 0 aromatic rings. The van der Waals surface area contributed by atoms with Crippen molar-refractivity contribution in [1.82, 2.24) is 0 Å². The number of hydrogen-bond acceptors (Lipinski definition) is 4. The van der Waals surface area contributed by atoms with Gasteiger partial charge >= 0.3 is 11.9 Å². The molecule has 0 rings (SSSR count). The number of hydrogen-bond donors (Lipinski definition) is 1. The van der Waals surface area contributed by atoms with Crippen LogP contribution in [0.5, 0.6) is 0 Å². The molecule has 90 valence electrons. The quantitative estimate of drug-likeness (QED) is 0.295. The van der Waals surface area contributed by atoms with Crippen LogP contribution in [0.3, 0.4) is 0 Å². The molecule has 0 aromatic heterocycles. The summed E-state index contributed by atoms with van der Waals surface area (Å²) in [7, 11) is 0. The van der Waals surface area contributed by atoms with E-state index in [1.165, 1.54) is 0 Å². The molecule has 0 heterocycles. The molecular formula is C11H16O5. The van der Waals surface area contributed by atoms with Crippen LogP contribution in [-0.2, 0) is 19.1 Å². The highest BCUT2D eigenvalue weighted by Gasteiger charge is 1.97. The lowest BCUT2D eigenvalue weighted by Crippen LogP contribution is -2.04. The molecule has 0 radical (unpaired) electrons. The van der Waals surface area contributed by atoms with Gasteiger partial charge in [0.25, 0.3) is 0 Å². The van der Waals surface area contributed by atoms with E-state index < -0.39 is 11.9 Å². The molecule has 1 N–H and O–H groups in total. The van der Waals surface area contributed by atoms with Crippen LogP contribution >= 0.6 is 0 Å². The molecule has 0 fully saturated rings. The predicted molar refractivity (Wildman–Crippen MR) is 57.7 cm³/mol. The van der Waals surface area contributed by atoms with Crippen LogP contribution in [0, 0.1) is 0 Å². The van der Waals surface area contributed by atoms with Crippen LogP contribution in [0.15, 0.2) is 24.5 Å². The smallest absolute Gasteiger partial charge is 0.331 e. The van der Waals surface area contributed by atoms with Gasteiger partial charge in [-0.05, 0) is 19.8 Å². The number of carbonyl (C=O) groups excluding carboxylic acids is 1. The van der Waals surface area contributed by atoms with Crippen molar-refractivity contribution in [2.24, 2.45) is 0 Å². The summed E-state index contributed by atoms with van der Waals surface area (Å²) in [5, 5.41) is 8.24. The van der Waals surface area contributed by atoms with Gasteiger partial charge in [0.1, 0.15) is 0 Å². The van der Waals surface area contributed by atoms with Crippen LogP contribution in [0.1, 0.15) is 19.8 Å². The Kier molecular flexibility index (Phi) is 8.68. The van der Waals surface area contributed by atoms with Crippen molar-refractivity contribution in [2.45, 2.75) is 19.8 Å². The number of carbonyl (C=O) groups is 2. The summed E-state index contributed by atoms with van der Waals surface area (Å²) in [6.07, 6.45) is 6.49. The maximum absolute atomic E-state index is 10.9. The van der Waals surface area contributed by atoms with Gasteiger partial charge in [0.05, 0.1) is 19.5 Å². The molecule has 5 heteroatoms. The zero-order valence-corrected chi connectivity index (χ0v) is 9.22. The molecule has 0 saturated carbocycles. The first-order valence-corrected chi connectivity index (χ1v) is 4.97. The molecule has 0 spiro atoms. The third kappa shape index (κ3) is 10.3. The van der Waals surface area contributed by atoms with Crippen molar-refractivity contribution in [2.75, 3.05) is 13.2 Å². The maximum Gasteiger partial charge on any atom is 0.331 e. The van der Waals surface area contributed by atoms with Crippen molar-refractivity contribution in [3.8, 4) is 0 Å². The van der Waals surface area contributed by atoms with E-state index in [1.54, 1.807) is 12.3 Å². The Morgan fingerprint density at radius 2 is 1.88 bits per heavy atom. The first-order chi connectivity index (χ1) is 7.66. The van der Waals surface area contributed by atoms with E-state index in [1.807, 2.05) is 6.92 Å². The Morgan fingerprint density at radius 3 is 2.50 bits per heavy atom. The number of unbranched alkanes of at least 4 members (excludes halogenated alkanes) is 1. The Labute approximate surface area is 94.4 Å². The summed E-state index contributed by atoms with van der Waals surface area (Å²) in [5.74, 6) is -1.81. The standard InChI is InChI=1S/C11H16O5/c1-2-7-15-8-3-4-9-16-11(14)6-5-10(12)13/h2,5-7H,3-4,8-9H2,1H3,(H,12,13)/b6-5-,7-2?. The molecule has 0 amide bonds. The number of carboxylic acids is 1. The highest BCUT2D eigenvalue weighted by Crippen LogP contribution is 1.93. The second-order valence-electron chi connectivity index (χ2n) is 2.89. The summed E-state index contributed by atoms with van der Waals surface area (Å²) in [6.45, 7) is 2.70. The number of allylic oxidation sites excluding steroid dienone is 1. The van der Waals surface area contributed by atoms with Gasteiger partial charge in [0, 0.05) is 12.2 Å². The lowest BCUT2D eigenvalue weighted by molar-refractivity contribution is -0.138. The van der Waals surface area contributed by atoms with E-state index in [0.717, 1.165) is 18.6 Å². The monoisotopic (exact) mass is 228 g/mol. The lowest BCUT2D eigenvalue weighted by atomic mass is 10.3. The first-order valence-electron chi connectivity index (χ1n) is 4.97. The van der Waals surface area contributed by atoms with E-state index >= 15 is 0 Å². The van der Waals surface area contributed by atoms with Gasteiger partial charge in [-0.25, -0.2) is 9.59 Å². The van der Waals surface area contributed by atoms with Gasteiger partial charge in [-0.2, -0.15) is 0 Å². The Hall–Kier alpha value is -1.78. The van der Waals surface area contributed by atoms with Gasteiger partial charge < -0.3 is 14.6 Å². The highest BCUT2D eigenvalue weighted by atomic mass is 16.5. The fourth-order valence-electron chi connectivity index (χ4n) is 0.812. The second kappa shape index (κ2) is 9.76. The van der Waals surface area contributed by atoms with Gasteiger partial charge in [0.2, 0.25) is 0 Å².